The molecule has 264 valence electrons. The zero-order valence-electron chi connectivity index (χ0n) is 27.2. The molecule has 51 heavy (non-hydrogen) atoms. The lowest BCUT2D eigenvalue weighted by Gasteiger charge is -2.21. The number of para-hydroxylation sites is 1. The maximum absolute atomic E-state index is 13.4. The van der Waals surface area contributed by atoms with Gasteiger partial charge in [0.2, 0.25) is 5.95 Å². The van der Waals surface area contributed by atoms with Crippen molar-refractivity contribution in [2.75, 3.05) is 43.4 Å². The van der Waals surface area contributed by atoms with Crippen LogP contribution in [0.25, 0.3) is 0 Å². The average Bonchev–Trinajstić information content (AvgIpc) is 3.60. The van der Waals surface area contributed by atoms with Crippen LogP contribution in [0, 0.1) is 11.8 Å². The lowest BCUT2D eigenvalue weighted by molar-refractivity contribution is -0.154. The van der Waals surface area contributed by atoms with Crippen molar-refractivity contribution in [3.63, 3.8) is 0 Å². The highest BCUT2D eigenvalue weighted by atomic mass is 35.5. The topological polar surface area (TPSA) is 130 Å². The number of ether oxygens (including phenoxy) is 1. The standard InChI is InChI=1S/C36H33ClF3N7O4/c37-26-10-8-25(9-11-26)35(14-15-35)16-29-43-33(45-34(44-29)51-21-36(38,39)40)42-28-12-6-22(7-13-28)31(49)46-17-23-19-47(20-24(23)18-46)32(50)30(48)41-27-4-2-1-3-5-27/h1-13,23-24H,14-21H2,(H,41,48)(H,42,43,44,45). The molecule has 4 aromatic rings. The molecule has 2 aliphatic heterocycles. The maximum atomic E-state index is 13.4. The Labute approximate surface area is 296 Å². The Kier molecular flexibility index (Phi) is 9.27. The van der Waals surface area contributed by atoms with E-state index in [1.165, 1.54) is 0 Å². The fourth-order valence-corrected chi connectivity index (χ4v) is 6.88. The van der Waals surface area contributed by atoms with E-state index in [9.17, 15) is 27.6 Å². The number of halogens is 4. The van der Waals surface area contributed by atoms with Crippen LogP contribution in [0.5, 0.6) is 6.01 Å². The van der Waals surface area contributed by atoms with E-state index in [1.54, 1.807) is 70.5 Å². The molecule has 0 spiro atoms. The van der Waals surface area contributed by atoms with E-state index in [0.717, 1.165) is 18.4 Å². The van der Waals surface area contributed by atoms with Crippen molar-refractivity contribution < 1.29 is 32.3 Å². The quantitative estimate of drug-likeness (QED) is 0.212. The summed E-state index contributed by atoms with van der Waals surface area (Å²) in [4.78, 5) is 54.7. The van der Waals surface area contributed by atoms with Gasteiger partial charge in [-0.25, -0.2) is 0 Å². The Balaban J connectivity index is 0.978. The number of carbonyl (C=O) groups excluding carboxylic acids is 3. The molecule has 0 bridgehead atoms. The van der Waals surface area contributed by atoms with Gasteiger partial charge in [-0.3, -0.25) is 14.4 Å². The molecule has 3 heterocycles. The molecule has 3 aliphatic rings. The van der Waals surface area contributed by atoms with Gasteiger partial charge in [-0.05, 0) is 66.9 Å². The molecule has 7 rings (SSSR count). The molecule has 3 amide bonds. The molecular weight excluding hydrogens is 687 g/mol. The van der Waals surface area contributed by atoms with Crippen LogP contribution in [0.1, 0.15) is 34.6 Å². The molecule has 1 aromatic heterocycles. The summed E-state index contributed by atoms with van der Waals surface area (Å²) in [6.45, 7) is 0.146. The van der Waals surface area contributed by atoms with Crippen molar-refractivity contribution in [2.24, 2.45) is 11.8 Å². The van der Waals surface area contributed by atoms with Crippen LogP contribution in [0.4, 0.5) is 30.5 Å². The Morgan fingerprint density at radius 1 is 0.824 bits per heavy atom. The normalized spacial score (nSPS) is 19.0. The van der Waals surface area contributed by atoms with Gasteiger partial charge < -0.3 is 25.2 Å². The third-order valence-electron chi connectivity index (χ3n) is 9.51. The number of alkyl halides is 3. The summed E-state index contributed by atoms with van der Waals surface area (Å²) in [5.41, 5.74) is 2.28. The second kappa shape index (κ2) is 13.8. The molecule has 3 fully saturated rings. The summed E-state index contributed by atoms with van der Waals surface area (Å²) in [5.74, 6) is -1.04. The zero-order valence-corrected chi connectivity index (χ0v) is 28.0. The molecule has 1 saturated carbocycles. The SMILES string of the molecule is O=C(Nc1ccccc1)C(=O)N1CC2CN(C(=O)c3ccc(Nc4nc(CC5(c6ccc(Cl)cc6)CC5)nc(OCC(F)(F)F)n4)cc3)CC2C1. The fourth-order valence-electron chi connectivity index (χ4n) is 6.75. The highest BCUT2D eigenvalue weighted by molar-refractivity contribution is 6.39. The molecule has 11 nitrogen and oxygen atoms in total. The minimum atomic E-state index is -4.58. The highest BCUT2D eigenvalue weighted by Crippen LogP contribution is 2.50. The number of hydrogen-bond donors (Lipinski definition) is 2. The Hall–Kier alpha value is -5.24. The lowest BCUT2D eigenvalue weighted by atomic mass is 9.92. The largest absolute Gasteiger partial charge is 0.454 e. The molecule has 2 atom stereocenters. The van der Waals surface area contributed by atoms with E-state index in [4.69, 9.17) is 16.3 Å². The van der Waals surface area contributed by atoms with Crippen molar-refractivity contribution in [2.45, 2.75) is 30.9 Å². The molecular formula is C36H33ClF3N7O4. The molecule has 3 aromatic carbocycles. The first-order valence-electron chi connectivity index (χ1n) is 16.5. The van der Waals surface area contributed by atoms with Crippen molar-refractivity contribution in [1.29, 1.82) is 0 Å². The number of hydrogen-bond acceptors (Lipinski definition) is 8. The Morgan fingerprint density at radius 2 is 1.47 bits per heavy atom. The summed E-state index contributed by atoms with van der Waals surface area (Å²) in [5, 5.41) is 6.24. The number of carbonyl (C=O) groups is 3. The number of anilines is 3. The summed E-state index contributed by atoms with van der Waals surface area (Å²) in [6.07, 6.45) is -2.49. The zero-order chi connectivity index (χ0) is 35.8. The molecule has 1 aliphatic carbocycles. The van der Waals surface area contributed by atoms with Gasteiger partial charge in [0.1, 0.15) is 5.82 Å². The third-order valence-corrected chi connectivity index (χ3v) is 9.76. The second-order valence-corrected chi connectivity index (χ2v) is 13.6. The molecule has 2 unspecified atom stereocenters. The minimum absolute atomic E-state index is 0.00655. The van der Waals surface area contributed by atoms with E-state index >= 15 is 0 Å². The van der Waals surface area contributed by atoms with Gasteiger partial charge >= 0.3 is 24.0 Å². The van der Waals surface area contributed by atoms with Gasteiger partial charge in [0, 0.05) is 71.8 Å². The van der Waals surface area contributed by atoms with Crippen LogP contribution in [0.15, 0.2) is 78.9 Å². The number of benzene rings is 3. The van der Waals surface area contributed by atoms with Crippen molar-refractivity contribution >= 4 is 46.6 Å². The van der Waals surface area contributed by atoms with Crippen LogP contribution in [-0.2, 0) is 21.4 Å². The first-order valence-corrected chi connectivity index (χ1v) is 16.8. The van der Waals surface area contributed by atoms with Crippen LogP contribution >= 0.6 is 11.6 Å². The number of nitrogens with one attached hydrogen (secondary N) is 2. The number of aromatic nitrogens is 3. The smallest absolute Gasteiger partial charge is 0.422 e. The van der Waals surface area contributed by atoms with Gasteiger partial charge in [0.05, 0.1) is 0 Å². The van der Waals surface area contributed by atoms with Gasteiger partial charge in [-0.15, -0.1) is 0 Å². The van der Waals surface area contributed by atoms with Gasteiger partial charge in [0.15, 0.2) is 6.61 Å². The van der Waals surface area contributed by atoms with E-state index < -0.39 is 30.6 Å². The number of rotatable bonds is 9. The first-order chi connectivity index (χ1) is 24.4. The summed E-state index contributed by atoms with van der Waals surface area (Å²) in [7, 11) is 0. The van der Waals surface area contributed by atoms with Gasteiger partial charge in [-0.2, -0.15) is 28.1 Å². The average molecular weight is 720 g/mol. The number of fused-ring (bicyclic) bond motifs is 1. The predicted molar refractivity (Wildman–Crippen MR) is 182 cm³/mol. The minimum Gasteiger partial charge on any atom is -0.454 e. The van der Waals surface area contributed by atoms with E-state index in [-0.39, 0.29) is 34.9 Å². The predicted octanol–water partition coefficient (Wildman–Crippen LogP) is 5.65. The first kappa shape index (κ1) is 34.2. The Bertz CT molecular complexity index is 1910. The summed E-state index contributed by atoms with van der Waals surface area (Å²) in [6, 6.07) is 22.4. The third kappa shape index (κ3) is 8.06. The lowest BCUT2D eigenvalue weighted by Crippen LogP contribution is -2.40. The molecule has 15 heteroatoms. The van der Waals surface area contributed by atoms with E-state index in [0.29, 0.717) is 54.6 Å². The highest BCUT2D eigenvalue weighted by Gasteiger charge is 2.46. The van der Waals surface area contributed by atoms with Crippen molar-refractivity contribution in [1.82, 2.24) is 24.8 Å². The van der Waals surface area contributed by atoms with Crippen LogP contribution in [-0.4, -0.2) is 81.4 Å². The summed E-state index contributed by atoms with van der Waals surface area (Å²) < 4.78 is 43.8. The van der Waals surface area contributed by atoms with Crippen LogP contribution < -0.4 is 15.4 Å². The molecule has 0 radical (unpaired) electrons. The maximum Gasteiger partial charge on any atom is 0.422 e. The number of amides is 3. The number of nitrogens with zero attached hydrogens (tertiary/aromatic N) is 5. The Morgan fingerprint density at radius 3 is 2.10 bits per heavy atom. The van der Waals surface area contributed by atoms with Crippen LogP contribution in [0.2, 0.25) is 5.02 Å². The van der Waals surface area contributed by atoms with Gasteiger partial charge in [0.25, 0.3) is 5.91 Å². The number of likely N-dealkylation sites (tertiary alicyclic amines) is 2. The monoisotopic (exact) mass is 719 g/mol. The molecule has 2 saturated heterocycles. The molecule has 2 N–H and O–H groups in total. The van der Waals surface area contributed by atoms with E-state index in [2.05, 4.69) is 25.6 Å². The van der Waals surface area contributed by atoms with Gasteiger partial charge in [-0.1, -0.05) is 41.9 Å². The second-order valence-electron chi connectivity index (χ2n) is 13.2. The van der Waals surface area contributed by atoms with Crippen molar-refractivity contribution in [3.05, 3.63) is 101 Å². The fraction of sp³-hybridized carbons (Fsp3) is 0.333. The van der Waals surface area contributed by atoms with Crippen LogP contribution in [0.3, 0.4) is 0 Å². The summed E-state index contributed by atoms with van der Waals surface area (Å²) >= 11 is 6.06. The van der Waals surface area contributed by atoms with Crippen molar-refractivity contribution in [3.8, 4) is 6.01 Å². The van der Waals surface area contributed by atoms with E-state index in [1.807, 2.05) is 18.2 Å².